The van der Waals surface area contributed by atoms with Crippen LogP contribution in [0.1, 0.15) is 10.5 Å². The maximum atomic E-state index is 13.0. The SMILES string of the molecule is CONC(=O)c1cc2cc(F)ccc2c(=O)[nH]1. The molecule has 1 amide bonds. The van der Waals surface area contributed by atoms with Crippen molar-refractivity contribution >= 4 is 16.7 Å². The van der Waals surface area contributed by atoms with Gasteiger partial charge in [0.15, 0.2) is 0 Å². The van der Waals surface area contributed by atoms with E-state index in [9.17, 15) is 14.0 Å². The van der Waals surface area contributed by atoms with Crippen molar-refractivity contribution in [1.29, 1.82) is 0 Å². The molecule has 0 aliphatic rings. The zero-order valence-corrected chi connectivity index (χ0v) is 8.91. The van der Waals surface area contributed by atoms with Gasteiger partial charge in [-0.3, -0.25) is 14.4 Å². The van der Waals surface area contributed by atoms with Gasteiger partial charge < -0.3 is 4.98 Å². The Morgan fingerprint density at radius 3 is 2.88 bits per heavy atom. The molecule has 17 heavy (non-hydrogen) atoms. The van der Waals surface area contributed by atoms with Crippen molar-refractivity contribution in [2.24, 2.45) is 0 Å². The van der Waals surface area contributed by atoms with E-state index >= 15 is 0 Å². The highest BCUT2D eigenvalue weighted by atomic mass is 19.1. The number of halogens is 1. The molecule has 0 atom stereocenters. The molecule has 0 radical (unpaired) electrons. The number of carbonyl (C=O) groups excluding carboxylic acids is 1. The number of pyridine rings is 1. The summed E-state index contributed by atoms with van der Waals surface area (Å²) in [6, 6.07) is 5.12. The molecule has 6 heteroatoms. The van der Waals surface area contributed by atoms with Crippen LogP contribution in [0.3, 0.4) is 0 Å². The molecule has 0 fully saturated rings. The molecule has 2 N–H and O–H groups in total. The van der Waals surface area contributed by atoms with E-state index in [2.05, 4.69) is 15.3 Å². The van der Waals surface area contributed by atoms with Gasteiger partial charge in [0, 0.05) is 5.39 Å². The highest BCUT2D eigenvalue weighted by Gasteiger charge is 2.09. The molecule has 1 aromatic carbocycles. The van der Waals surface area contributed by atoms with Gasteiger partial charge in [-0.25, -0.2) is 9.87 Å². The average molecular weight is 236 g/mol. The van der Waals surface area contributed by atoms with Crippen LogP contribution in [0.25, 0.3) is 10.8 Å². The number of H-pyrrole nitrogens is 1. The summed E-state index contributed by atoms with van der Waals surface area (Å²) in [7, 11) is 1.27. The Morgan fingerprint density at radius 2 is 2.18 bits per heavy atom. The van der Waals surface area contributed by atoms with Gasteiger partial charge in [-0.1, -0.05) is 0 Å². The van der Waals surface area contributed by atoms with Crippen LogP contribution >= 0.6 is 0 Å². The van der Waals surface area contributed by atoms with E-state index in [0.29, 0.717) is 10.8 Å². The fourth-order valence-corrected chi connectivity index (χ4v) is 1.51. The third-order valence-electron chi connectivity index (χ3n) is 2.25. The third-order valence-corrected chi connectivity index (χ3v) is 2.25. The van der Waals surface area contributed by atoms with Crippen LogP contribution in [0.2, 0.25) is 0 Å². The summed E-state index contributed by atoms with van der Waals surface area (Å²) in [5.41, 5.74) is 1.62. The summed E-state index contributed by atoms with van der Waals surface area (Å²) in [4.78, 5) is 29.9. The molecule has 0 aliphatic carbocycles. The average Bonchev–Trinajstić information content (AvgIpc) is 2.28. The van der Waals surface area contributed by atoms with Crippen molar-refractivity contribution in [2.45, 2.75) is 0 Å². The number of aromatic nitrogens is 1. The zero-order valence-electron chi connectivity index (χ0n) is 8.91. The van der Waals surface area contributed by atoms with Crippen molar-refractivity contribution < 1.29 is 14.0 Å². The largest absolute Gasteiger partial charge is 0.317 e. The van der Waals surface area contributed by atoms with E-state index < -0.39 is 17.3 Å². The molecule has 0 aliphatic heterocycles. The Hall–Kier alpha value is -2.21. The first-order valence-corrected chi connectivity index (χ1v) is 4.77. The van der Waals surface area contributed by atoms with Gasteiger partial charge in [-0.2, -0.15) is 0 Å². The minimum absolute atomic E-state index is 0.00921. The summed E-state index contributed by atoms with van der Waals surface area (Å²) in [6.45, 7) is 0. The van der Waals surface area contributed by atoms with Crippen molar-refractivity contribution in [3.8, 4) is 0 Å². The van der Waals surface area contributed by atoms with Gasteiger partial charge in [-0.15, -0.1) is 0 Å². The van der Waals surface area contributed by atoms with Crippen LogP contribution in [0.5, 0.6) is 0 Å². The Bertz CT molecular complexity index is 636. The number of hydroxylamine groups is 1. The summed E-state index contributed by atoms with van der Waals surface area (Å²) in [5.74, 6) is -1.07. The maximum Gasteiger partial charge on any atom is 0.291 e. The summed E-state index contributed by atoms with van der Waals surface area (Å²) < 4.78 is 13.0. The minimum atomic E-state index is -0.601. The zero-order chi connectivity index (χ0) is 12.4. The van der Waals surface area contributed by atoms with Gasteiger partial charge in [0.2, 0.25) is 0 Å². The number of rotatable bonds is 2. The number of nitrogens with one attached hydrogen (secondary N) is 2. The number of hydrogen-bond acceptors (Lipinski definition) is 3. The van der Waals surface area contributed by atoms with Gasteiger partial charge in [0.05, 0.1) is 7.11 Å². The Labute approximate surface area is 95.2 Å². The van der Waals surface area contributed by atoms with E-state index in [4.69, 9.17) is 0 Å². The molecule has 0 unspecified atom stereocenters. The number of hydrogen-bond donors (Lipinski definition) is 2. The van der Waals surface area contributed by atoms with E-state index in [1.54, 1.807) is 0 Å². The summed E-state index contributed by atoms with van der Waals surface area (Å²) >= 11 is 0. The number of carbonyl (C=O) groups is 1. The van der Waals surface area contributed by atoms with Gasteiger partial charge in [0.1, 0.15) is 11.5 Å². The predicted octanol–water partition coefficient (Wildman–Crippen LogP) is 0.958. The lowest BCUT2D eigenvalue weighted by atomic mass is 10.1. The van der Waals surface area contributed by atoms with E-state index in [-0.39, 0.29) is 5.69 Å². The van der Waals surface area contributed by atoms with Crippen molar-refractivity contribution in [2.75, 3.05) is 7.11 Å². The highest BCUT2D eigenvalue weighted by Crippen LogP contribution is 2.12. The van der Waals surface area contributed by atoms with E-state index in [1.807, 2.05) is 0 Å². The maximum absolute atomic E-state index is 13.0. The fraction of sp³-hybridized carbons (Fsp3) is 0.0909. The molecule has 0 spiro atoms. The van der Waals surface area contributed by atoms with Crippen LogP contribution in [0.15, 0.2) is 29.1 Å². The Kier molecular flexibility index (Phi) is 2.88. The molecule has 0 saturated heterocycles. The molecule has 2 aromatic rings. The van der Waals surface area contributed by atoms with Gasteiger partial charge >= 0.3 is 0 Å². The van der Waals surface area contributed by atoms with Crippen LogP contribution in [-0.2, 0) is 4.84 Å². The smallest absolute Gasteiger partial charge is 0.291 e. The quantitative estimate of drug-likeness (QED) is 0.763. The minimum Gasteiger partial charge on any atom is -0.317 e. The molecule has 1 aromatic heterocycles. The first-order chi connectivity index (χ1) is 8.11. The topological polar surface area (TPSA) is 71.2 Å². The van der Waals surface area contributed by atoms with Crippen LogP contribution < -0.4 is 11.0 Å². The molecule has 88 valence electrons. The highest BCUT2D eigenvalue weighted by molar-refractivity contribution is 5.95. The first-order valence-electron chi connectivity index (χ1n) is 4.77. The number of amides is 1. The van der Waals surface area contributed by atoms with Crippen LogP contribution in [0, 0.1) is 5.82 Å². The third kappa shape index (κ3) is 2.16. The van der Waals surface area contributed by atoms with Gasteiger partial charge in [0.25, 0.3) is 11.5 Å². The molecular formula is C11H9FN2O3. The number of fused-ring (bicyclic) bond motifs is 1. The first kappa shape index (κ1) is 11.3. The summed E-state index contributed by atoms with van der Waals surface area (Å²) in [6.07, 6.45) is 0. The fourth-order valence-electron chi connectivity index (χ4n) is 1.51. The molecular weight excluding hydrogens is 227 g/mol. The normalized spacial score (nSPS) is 10.5. The van der Waals surface area contributed by atoms with Crippen molar-refractivity contribution in [1.82, 2.24) is 10.5 Å². The summed E-state index contributed by atoms with van der Waals surface area (Å²) in [5, 5.41) is 0.676. The Balaban J connectivity index is 2.61. The lowest BCUT2D eigenvalue weighted by Gasteiger charge is -2.03. The van der Waals surface area contributed by atoms with Crippen LogP contribution in [0.4, 0.5) is 4.39 Å². The predicted molar refractivity (Wildman–Crippen MR) is 59.0 cm³/mol. The second-order valence-corrected chi connectivity index (χ2v) is 3.38. The van der Waals surface area contributed by atoms with E-state index in [1.165, 1.54) is 31.4 Å². The number of aromatic amines is 1. The van der Waals surface area contributed by atoms with E-state index in [0.717, 1.165) is 0 Å². The lowest BCUT2D eigenvalue weighted by molar-refractivity contribution is 0.0532. The van der Waals surface area contributed by atoms with Gasteiger partial charge in [-0.05, 0) is 29.7 Å². The number of benzene rings is 1. The standard InChI is InChI=1S/C11H9FN2O3/c1-17-14-11(16)9-5-6-4-7(12)2-3-8(6)10(15)13-9/h2-5H,1H3,(H,13,15)(H,14,16). The van der Waals surface area contributed by atoms with Crippen LogP contribution in [-0.4, -0.2) is 18.0 Å². The molecule has 0 bridgehead atoms. The molecule has 2 rings (SSSR count). The monoisotopic (exact) mass is 236 g/mol. The molecule has 1 heterocycles. The lowest BCUT2D eigenvalue weighted by Crippen LogP contribution is -2.25. The van der Waals surface area contributed by atoms with Crippen molar-refractivity contribution in [3.63, 3.8) is 0 Å². The van der Waals surface area contributed by atoms with Crippen molar-refractivity contribution in [3.05, 3.63) is 46.1 Å². The Morgan fingerprint density at radius 1 is 1.41 bits per heavy atom. The second-order valence-electron chi connectivity index (χ2n) is 3.38. The second kappa shape index (κ2) is 4.34. The molecule has 5 nitrogen and oxygen atoms in total. The molecule has 0 saturated carbocycles.